The van der Waals surface area contributed by atoms with Crippen LogP contribution in [0.4, 0.5) is 0 Å². The number of nitrogens with one attached hydrogen (secondary N) is 1. The summed E-state index contributed by atoms with van der Waals surface area (Å²) in [5.41, 5.74) is 1.17. The lowest BCUT2D eigenvalue weighted by Gasteiger charge is -2.23. The molecule has 1 aromatic carbocycles. The third-order valence-corrected chi connectivity index (χ3v) is 3.88. The summed E-state index contributed by atoms with van der Waals surface area (Å²) in [6.45, 7) is 2.51. The van der Waals surface area contributed by atoms with E-state index in [1.807, 2.05) is 6.07 Å². The van der Waals surface area contributed by atoms with Gasteiger partial charge in [-0.3, -0.25) is 0 Å². The van der Waals surface area contributed by atoms with Crippen molar-refractivity contribution in [3.05, 3.63) is 22.7 Å². The van der Waals surface area contributed by atoms with E-state index in [2.05, 4.69) is 11.4 Å². The third kappa shape index (κ3) is 2.22. The molecule has 3 nitrogen and oxygen atoms in total. The van der Waals surface area contributed by atoms with E-state index in [4.69, 9.17) is 21.1 Å². The fourth-order valence-electron chi connectivity index (χ4n) is 2.55. The summed E-state index contributed by atoms with van der Waals surface area (Å²) in [6.07, 6.45) is 3.55. The number of benzene rings is 1. The molecular weight excluding hydrogens is 238 g/mol. The molecule has 1 fully saturated rings. The van der Waals surface area contributed by atoms with E-state index in [9.17, 15) is 0 Å². The molecule has 0 radical (unpaired) electrons. The summed E-state index contributed by atoms with van der Waals surface area (Å²) in [5, 5.41) is 4.16. The SMILES string of the molecule is Clc1c(CC2CCCNC2)ccc2c1OCO2. The minimum atomic E-state index is 0.281. The van der Waals surface area contributed by atoms with Crippen molar-refractivity contribution < 1.29 is 9.47 Å². The summed E-state index contributed by atoms with van der Waals surface area (Å²) < 4.78 is 10.7. The van der Waals surface area contributed by atoms with Crippen LogP contribution in [0.3, 0.4) is 0 Å². The molecule has 17 heavy (non-hydrogen) atoms. The van der Waals surface area contributed by atoms with Crippen LogP contribution in [-0.2, 0) is 6.42 Å². The fourth-order valence-corrected chi connectivity index (χ4v) is 2.83. The molecular formula is C13H16ClNO2. The highest BCUT2D eigenvalue weighted by Gasteiger charge is 2.22. The Kier molecular flexibility index (Phi) is 3.12. The molecule has 3 rings (SSSR count). The largest absolute Gasteiger partial charge is 0.454 e. The highest BCUT2D eigenvalue weighted by atomic mass is 35.5. The van der Waals surface area contributed by atoms with E-state index in [0.717, 1.165) is 30.3 Å². The maximum Gasteiger partial charge on any atom is 0.231 e. The molecule has 0 aromatic heterocycles. The summed E-state index contributed by atoms with van der Waals surface area (Å²) in [7, 11) is 0. The molecule has 0 amide bonds. The van der Waals surface area contributed by atoms with Gasteiger partial charge >= 0.3 is 0 Å². The first-order chi connectivity index (χ1) is 8.34. The van der Waals surface area contributed by atoms with Crippen molar-refractivity contribution in [3.63, 3.8) is 0 Å². The van der Waals surface area contributed by atoms with Gasteiger partial charge in [-0.1, -0.05) is 17.7 Å². The van der Waals surface area contributed by atoms with Gasteiger partial charge in [0.2, 0.25) is 6.79 Å². The standard InChI is InChI=1S/C13H16ClNO2/c14-12-10(6-9-2-1-5-15-7-9)3-4-11-13(12)17-8-16-11/h3-4,9,15H,1-2,5-8H2. The summed E-state index contributed by atoms with van der Waals surface area (Å²) in [4.78, 5) is 0. The number of rotatable bonds is 2. The maximum atomic E-state index is 6.35. The van der Waals surface area contributed by atoms with Gasteiger partial charge in [0.05, 0.1) is 5.02 Å². The molecule has 0 aliphatic carbocycles. The Morgan fingerprint density at radius 2 is 2.29 bits per heavy atom. The zero-order valence-corrected chi connectivity index (χ0v) is 10.4. The van der Waals surface area contributed by atoms with Crippen LogP contribution in [0.1, 0.15) is 18.4 Å². The second-order valence-electron chi connectivity index (χ2n) is 4.69. The lowest BCUT2D eigenvalue weighted by atomic mass is 9.92. The molecule has 2 heterocycles. The van der Waals surface area contributed by atoms with E-state index in [1.54, 1.807) is 0 Å². The topological polar surface area (TPSA) is 30.5 Å². The van der Waals surface area contributed by atoms with Crippen LogP contribution >= 0.6 is 11.6 Å². The summed E-state index contributed by atoms with van der Waals surface area (Å²) in [5.74, 6) is 2.16. The van der Waals surface area contributed by atoms with Crippen LogP contribution in [0.25, 0.3) is 0 Å². The number of piperidine rings is 1. The highest BCUT2D eigenvalue weighted by molar-refractivity contribution is 6.33. The first-order valence-corrected chi connectivity index (χ1v) is 6.50. The molecule has 1 saturated heterocycles. The van der Waals surface area contributed by atoms with Crippen molar-refractivity contribution in [2.45, 2.75) is 19.3 Å². The minimum absolute atomic E-state index is 0.281. The third-order valence-electron chi connectivity index (χ3n) is 3.47. The van der Waals surface area contributed by atoms with Crippen LogP contribution in [0.2, 0.25) is 5.02 Å². The van der Waals surface area contributed by atoms with Crippen molar-refractivity contribution in [1.82, 2.24) is 5.32 Å². The smallest absolute Gasteiger partial charge is 0.231 e. The Morgan fingerprint density at radius 3 is 3.12 bits per heavy atom. The van der Waals surface area contributed by atoms with Crippen LogP contribution < -0.4 is 14.8 Å². The van der Waals surface area contributed by atoms with Crippen molar-refractivity contribution in [3.8, 4) is 11.5 Å². The monoisotopic (exact) mass is 253 g/mol. The molecule has 92 valence electrons. The number of hydrogen-bond acceptors (Lipinski definition) is 3. The molecule has 1 atom stereocenters. The number of ether oxygens (including phenoxy) is 2. The predicted octanol–water partition coefficient (Wildman–Crippen LogP) is 2.61. The van der Waals surface area contributed by atoms with Crippen molar-refractivity contribution in [1.29, 1.82) is 0 Å². The Morgan fingerprint density at radius 1 is 1.35 bits per heavy atom. The molecule has 0 spiro atoms. The Labute approximate surface area is 106 Å². The normalized spacial score (nSPS) is 22.8. The average Bonchev–Trinajstić information content (AvgIpc) is 2.83. The van der Waals surface area contributed by atoms with Gasteiger partial charge in [-0.05, 0) is 49.9 Å². The van der Waals surface area contributed by atoms with Gasteiger partial charge in [0, 0.05) is 0 Å². The number of fused-ring (bicyclic) bond motifs is 1. The van der Waals surface area contributed by atoms with Crippen molar-refractivity contribution in [2.75, 3.05) is 19.9 Å². The molecule has 0 saturated carbocycles. The molecule has 1 unspecified atom stereocenters. The first-order valence-electron chi connectivity index (χ1n) is 6.12. The fraction of sp³-hybridized carbons (Fsp3) is 0.538. The van der Waals surface area contributed by atoms with Gasteiger partial charge < -0.3 is 14.8 Å². The average molecular weight is 254 g/mol. The Hall–Kier alpha value is -0.930. The van der Waals surface area contributed by atoms with Gasteiger partial charge in [0.1, 0.15) is 0 Å². The van der Waals surface area contributed by atoms with Crippen LogP contribution in [-0.4, -0.2) is 19.9 Å². The van der Waals surface area contributed by atoms with Gasteiger partial charge in [-0.2, -0.15) is 0 Å². The van der Waals surface area contributed by atoms with E-state index in [0.29, 0.717) is 11.7 Å². The van der Waals surface area contributed by atoms with E-state index >= 15 is 0 Å². The lowest BCUT2D eigenvalue weighted by molar-refractivity contribution is 0.174. The van der Waals surface area contributed by atoms with Crippen LogP contribution in [0.5, 0.6) is 11.5 Å². The van der Waals surface area contributed by atoms with E-state index in [-0.39, 0.29) is 6.79 Å². The van der Waals surface area contributed by atoms with E-state index in [1.165, 1.54) is 18.4 Å². The Balaban J connectivity index is 1.78. The maximum absolute atomic E-state index is 6.35. The molecule has 4 heteroatoms. The quantitative estimate of drug-likeness (QED) is 0.879. The Bertz CT molecular complexity index is 416. The van der Waals surface area contributed by atoms with Gasteiger partial charge in [0.25, 0.3) is 0 Å². The van der Waals surface area contributed by atoms with Crippen LogP contribution in [0.15, 0.2) is 12.1 Å². The second-order valence-corrected chi connectivity index (χ2v) is 5.07. The lowest BCUT2D eigenvalue weighted by Crippen LogP contribution is -2.30. The van der Waals surface area contributed by atoms with Crippen LogP contribution in [0, 0.1) is 5.92 Å². The van der Waals surface area contributed by atoms with Crippen molar-refractivity contribution in [2.24, 2.45) is 5.92 Å². The molecule has 2 aliphatic heterocycles. The highest BCUT2D eigenvalue weighted by Crippen LogP contribution is 2.41. The molecule has 0 bridgehead atoms. The summed E-state index contributed by atoms with van der Waals surface area (Å²) >= 11 is 6.35. The second kappa shape index (κ2) is 4.75. The zero-order valence-electron chi connectivity index (χ0n) is 9.67. The van der Waals surface area contributed by atoms with E-state index < -0.39 is 0 Å². The minimum Gasteiger partial charge on any atom is -0.454 e. The van der Waals surface area contributed by atoms with Crippen molar-refractivity contribution >= 4 is 11.6 Å². The molecule has 1 aromatic rings. The number of halogens is 1. The molecule has 2 aliphatic rings. The number of hydrogen-bond donors (Lipinski definition) is 1. The molecule has 1 N–H and O–H groups in total. The predicted molar refractivity (Wildman–Crippen MR) is 66.9 cm³/mol. The van der Waals surface area contributed by atoms with Gasteiger partial charge in [-0.25, -0.2) is 0 Å². The zero-order chi connectivity index (χ0) is 11.7. The van der Waals surface area contributed by atoms with Gasteiger partial charge in [-0.15, -0.1) is 0 Å². The summed E-state index contributed by atoms with van der Waals surface area (Å²) in [6, 6.07) is 4.02. The first kappa shape index (κ1) is 11.2. The van der Waals surface area contributed by atoms with Gasteiger partial charge in [0.15, 0.2) is 11.5 Å².